The smallest absolute Gasteiger partial charge is 0.124 e. The van der Waals surface area contributed by atoms with Crippen LogP contribution in [0.15, 0.2) is 48.5 Å². The fourth-order valence-electron chi connectivity index (χ4n) is 2.30. The molecule has 2 rings (SSSR count). The van der Waals surface area contributed by atoms with Crippen molar-refractivity contribution in [1.82, 2.24) is 10.2 Å². The average molecular weight is 333 g/mol. The van der Waals surface area contributed by atoms with Gasteiger partial charge in [-0.2, -0.15) is 0 Å². The number of ether oxygens (including phenoxy) is 1. The maximum Gasteiger partial charge on any atom is 0.124 e. The Morgan fingerprint density at radius 1 is 1.00 bits per heavy atom. The zero-order chi connectivity index (χ0) is 16.5. The van der Waals surface area contributed by atoms with Crippen molar-refractivity contribution in [1.29, 1.82) is 0 Å². The third kappa shape index (κ3) is 6.22. The second kappa shape index (κ2) is 9.56. The topological polar surface area (TPSA) is 24.5 Å². The summed E-state index contributed by atoms with van der Waals surface area (Å²) in [5.41, 5.74) is 2.17. The lowest BCUT2D eigenvalue weighted by molar-refractivity contribution is 0.302. The van der Waals surface area contributed by atoms with Crippen molar-refractivity contribution < 1.29 is 4.74 Å². The molecular formula is C19H25ClN2O. The molecule has 0 radical (unpaired) electrons. The van der Waals surface area contributed by atoms with Crippen LogP contribution in [0.25, 0.3) is 0 Å². The van der Waals surface area contributed by atoms with Gasteiger partial charge in [0.05, 0.1) is 0 Å². The van der Waals surface area contributed by atoms with Gasteiger partial charge >= 0.3 is 0 Å². The molecule has 0 amide bonds. The quantitative estimate of drug-likeness (QED) is 0.703. The summed E-state index contributed by atoms with van der Waals surface area (Å²) in [4.78, 5) is 2.20. The zero-order valence-electron chi connectivity index (χ0n) is 13.9. The molecule has 0 aliphatic rings. The fraction of sp³-hybridized carbons (Fsp3) is 0.368. The van der Waals surface area contributed by atoms with Crippen LogP contribution in [-0.4, -0.2) is 32.1 Å². The van der Waals surface area contributed by atoms with E-state index in [9.17, 15) is 0 Å². The average Bonchev–Trinajstić information content (AvgIpc) is 2.54. The predicted molar refractivity (Wildman–Crippen MR) is 97.1 cm³/mol. The van der Waals surface area contributed by atoms with Crippen LogP contribution in [0.3, 0.4) is 0 Å². The molecule has 2 aromatic carbocycles. The summed E-state index contributed by atoms with van der Waals surface area (Å²) in [6.07, 6.45) is 1.13. The van der Waals surface area contributed by atoms with E-state index < -0.39 is 0 Å². The van der Waals surface area contributed by atoms with E-state index in [0.717, 1.165) is 42.4 Å². The zero-order valence-corrected chi connectivity index (χ0v) is 14.6. The first-order valence-electron chi connectivity index (χ1n) is 7.96. The van der Waals surface area contributed by atoms with Gasteiger partial charge in [0.15, 0.2) is 0 Å². The number of nitrogens with one attached hydrogen (secondary N) is 1. The maximum absolute atomic E-state index is 6.18. The molecule has 0 bridgehead atoms. The lowest BCUT2D eigenvalue weighted by Crippen LogP contribution is -2.21. The monoisotopic (exact) mass is 332 g/mol. The van der Waals surface area contributed by atoms with Crippen LogP contribution in [0, 0.1) is 0 Å². The van der Waals surface area contributed by atoms with Crippen molar-refractivity contribution in [3.05, 3.63) is 64.7 Å². The van der Waals surface area contributed by atoms with Gasteiger partial charge < -0.3 is 15.0 Å². The molecular weight excluding hydrogens is 308 g/mol. The summed E-state index contributed by atoms with van der Waals surface area (Å²) in [5, 5.41) is 4.22. The molecule has 124 valence electrons. The summed E-state index contributed by atoms with van der Waals surface area (Å²) >= 11 is 6.18. The standard InChI is InChI=1S/C19H25ClN2O/c1-22(2)13-7-12-21-14-16-8-4-6-11-19(16)23-15-17-9-3-5-10-18(17)20/h3-6,8-11,21H,7,12-15H2,1-2H3. The number of nitrogens with zero attached hydrogens (tertiary/aromatic N) is 1. The van der Waals surface area contributed by atoms with Gasteiger partial charge in [-0.1, -0.05) is 48.0 Å². The van der Waals surface area contributed by atoms with Crippen molar-refractivity contribution in [2.45, 2.75) is 19.6 Å². The summed E-state index contributed by atoms with van der Waals surface area (Å²) in [6, 6.07) is 15.9. The van der Waals surface area contributed by atoms with Crippen molar-refractivity contribution in [3.63, 3.8) is 0 Å². The van der Waals surface area contributed by atoms with Gasteiger partial charge in [0.25, 0.3) is 0 Å². The molecule has 23 heavy (non-hydrogen) atoms. The Hall–Kier alpha value is -1.55. The van der Waals surface area contributed by atoms with Crippen LogP contribution in [-0.2, 0) is 13.2 Å². The van der Waals surface area contributed by atoms with Gasteiger partial charge in [0.2, 0.25) is 0 Å². The number of hydrogen-bond acceptors (Lipinski definition) is 3. The van der Waals surface area contributed by atoms with Gasteiger partial charge in [-0.25, -0.2) is 0 Å². The molecule has 0 aliphatic heterocycles. The minimum atomic E-state index is 0.483. The second-order valence-corrected chi connectivity index (χ2v) is 6.23. The number of para-hydroxylation sites is 1. The molecule has 4 heteroatoms. The highest BCUT2D eigenvalue weighted by molar-refractivity contribution is 6.31. The molecule has 0 fully saturated rings. The van der Waals surface area contributed by atoms with Gasteiger partial charge in [-0.3, -0.25) is 0 Å². The number of rotatable bonds is 9. The summed E-state index contributed by atoms with van der Waals surface area (Å²) in [5.74, 6) is 0.910. The third-order valence-corrected chi connectivity index (χ3v) is 3.96. The van der Waals surface area contributed by atoms with Crippen LogP contribution in [0.4, 0.5) is 0 Å². The SMILES string of the molecule is CN(C)CCCNCc1ccccc1OCc1ccccc1Cl. The summed E-state index contributed by atoms with van der Waals surface area (Å²) in [6.45, 7) is 3.39. The maximum atomic E-state index is 6.18. The van der Waals surface area contributed by atoms with E-state index in [4.69, 9.17) is 16.3 Å². The predicted octanol–water partition coefficient (Wildman–Crippen LogP) is 3.96. The first-order valence-corrected chi connectivity index (χ1v) is 8.34. The highest BCUT2D eigenvalue weighted by atomic mass is 35.5. The molecule has 3 nitrogen and oxygen atoms in total. The third-order valence-electron chi connectivity index (χ3n) is 3.59. The first-order chi connectivity index (χ1) is 11.2. The molecule has 0 unspecified atom stereocenters. The summed E-state index contributed by atoms with van der Waals surface area (Å²) < 4.78 is 5.97. The lowest BCUT2D eigenvalue weighted by atomic mass is 10.2. The number of benzene rings is 2. The van der Waals surface area contributed by atoms with Gasteiger partial charge in [-0.05, 0) is 45.7 Å². The van der Waals surface area contributed by atoms with Crippen molar-refractivity contribution in [3.8, 4) is 5.75 Å². The molecule has 1 N–H and O–H groups in total. The molecule has 0 saturated heterocycles. The fourth-order valence-corrected chi connectivity index (χ4v) is 2.50. The van der Waals surface area contributed by atoms with E-state index in [-0.39, 0.29) is 0 Å². The molecule has 0 atom stereocenters. The Morgan fingerprint density at radius 3 is 2.43 bits per heavy atom. The van der Waals surface area contributed by atoms with Gasteiger partial charge in [0, 0.05) is 22.7 Å². The van der Waals surface area contributed by atoms with E-state index >= 15 is 0 Å². The van der Waals surface area contributed by atoms with E-state index in [1.807, 2.05) is 42.5 Å². The van der Waals surface area contributed by atoms with Crippen LogP contribution in [0.5, 0.6) is 5.75 Å². The summed E-state index contributed by atoms with van der Waals surface area (Å²) in [7, 11) is 4.19. The minimum absolute atomic E-state index is 0.483. The number of halogens is 1. The van der Waals surface area contributed by atoms with Gasteiger partial charge in [-0.15, -0.1) is 0 Å². The van der Waals surface area contributed by atoms with Crippen molar-refractivity contribution in [2.24, 2.45) is 0 Å². The van der Waals surface area contributed by atoms with Crippen LogP contribution < -0.4 is 10.1 Å². The minimum Gasteiger partial charge on any atom is -0.489 e. The van der Waals surface area contributed by atoms with Gasteiger partial charge in [0.1, 0.15) is 12.4 Å². The van der Waals surface area contributed by atoms with Crippen molar-refractivity contribution >= 4 is 11.6 Å². The Labute approximate surface area is 144 Å². The highest BCUT2D eigenvalue weighted by Crippen LogP contribution is 2.21. The van der Waals surface area contributed by atoms with E-state index in [1.165, 1.54) is 5.56 Å². The largest absolute Gasteiger partial charge is 0.489 e. The molecule has 2 aromatic rings. The Bertz CT molecular complexity index is 601. The first kappa shape index (κ1) is 17.8. The van der Waals surface area contributed by atoms with Crippen molar-refractivity contribution in [2.75, 3.05) is 27.2 Å². The Morgan fingerprint density at radius 2 is 1.70 bits per heavy atom. The van der Waals surface area contributed by atoms with Crippen LogP contribution in [0.2, 0.25) is 5.02 Å². The normalized spacial score (nSPS) is 11.0. The molecule has 0 spiro atoms. The Balaban J connectivity index is 1.86. The highest BCUT2D eigenvalue weighted by Gasteiger charge is 2.05. The van der Waals surface area contributed by atoms with Crippen LogP contribution >= 0.6 is 11.6 Å². The molecule has 0 heterocycles. The molecule has 0 aromatic heterocycles. The molecule has 0 saturated carbocycles. The van der Waals surface area contributed by atoms with E-state index in [0.29, 0.717) is 6.61 Å². The number of hydrogen-bond donors (Lipinski definition) is 1. The van der Waals surface area contributed by atoms with E-state index in [2.05, 4.69) is 30.4 Å². The second-order valence-electron chi connectivity index (χ2n) is 5.82. The Kier molecular flexibility index (Phi) is 7.40. The van der Waals surface area contributed by atoms with Crippen LogP contribution in [0.1, 0.15) is 17.5 Å². The molecule has 0 aliphatic carbocycles. The lowest BCUT2D eigenvalue weighted by Gasteiger charge is -2.13. The van der Waals surface area contributed by atoms with E-state index in [1.54, 1.807) is 0 Å².